The Balaban J connectivity index is -0.0000000817. The Morgan fingerprint density at radius 1 is 1.27 bits per heavy atom. The SMILES string of the molecule is CN=C([N-]C)C(C)C.[CH3-].[CH3-].[Y]. The van der Waals surface area contributed by atoms with Crippen LogP contribution in [0.5, 0.6) is 0 Å². The van der Waals surface area contributed by atoms with Gasteiger partial charge in [-0.3, -0.25) is 0 Å². The molecule has 0 bridgehead atoms. The van der Waals surface area contributed by atoms with Crippen LogP contribution in [0.3, 0.4) is 0 Å². The third-order valence-corrected chi connectivity index (χ3v) is 0.975. The molecule has 0 unspecified atom stereocenters. The summed E-state index contributed by atoms with van der Waals surface area (Å²) >= 11 is 0. The summed E-state index contributed by atoms with van der Waals surface area (Å²) in [5.41, 5.74) is 0. The Morgan fingerprint density at radius 2 is 1.64 bits per heavy atom. The van der Waals surface area contributed by atoms with E-state index in [4.69, 9.17) is 0 Å². The Kier molecular flexibility index (Phi) is 27.0. The predicted octanol–water partition coefficient (Wildman–Crippen LogP) is 2.57. The number of hydrogen-bond donors (Lipinski definition) is 0. The molecule has 0 fully saturated rings. The molecule has 0 aromatic carbocycles. The van der Waals surface area contributed by atoms with Crippen molar-refractivity contribution in [3.8, 4) is 0 Å². The van der Waals surface area contributed by atoms with Crippen LogP contribution >= 0.6 is 0 Å². The number of hydrogen-bond acceptors (Lipinski definition) is 1. The first-order chi connectivity index (χ1) is 3.72. The van der Waals surface area contributed by atoms with Crippen LogP contribution in [0, 0.1) is 20.8 Å². The van der Waals surface area contributed by atoms with Gasteiger partial charge in [0, 0.05) is 32.7 Å². The van der Waals surface area contributed by atoms with Gasteiger partial charge in [0.25, 0.3) is 0 Å². The van der Waals surface area contributed by atoms with Gasteiger partial charge in [-0.25, -0.2) is 0 Å². The zero-order valence-corrected chi connectivity index (χ0v) is 11.4. The third-order valence-electron chi connectivity index (χ3n) is 0.975. The molecule has 1 radical (unpaired) electrons. The Hall–Kier alpha value is 0.574. The van der Waals surface area contributed by atoms with E-state index in [0.29, 0.717) is 5.92 Å². The largest absolute Gasteiger partial charge is 0.472 e. The minimum Gasteiger partial charge on any atom is -0.472 e. The monoisotopic (exact) mass is 232 g/mol. The summed E-state index contributed by atoms with van der Waals surface area (Å²) in [6, 6.07) is 0. The molecule has 0 aliphatic carbocycles. The molecule has 0 amide bonds. The van der Waals surface area contributed by atoms with Crippen molar-refractivity contribution in [1.82, 2.24) is 0 Å². The summed E-state index contributed by atoms with van der Waals surface area (Å²) in [5.74, 6) is 1.40. The summed E-state index contributed by atoms with van der Waals surface area (Å²) in [6.45, 7) is 4.16. The molecular formula is C8H19N2Y-3. The van der Waals surface area contributed by atoms with E-state index < -0.39 is 0 Å². The van der Waals surface area contributed by atoms with Crippen molar-refractivity contribution in [3.05, 3.63) is 20.2 Å². The molecule has 67 valence electrons. The van der Waals surface area contributed by atoms with E-state index in [-0.39, 0.29) is 47.6 Å². The summed E-state index contributed by atoms with van der Waals surface area (Å²) in [5, 5.41) is 3.96. The molecule has 0 aliphatic heterocycles. The minimum atomic E-state index is 0. The van der Waals surface area contributed by atoms with Crippen molar-refractivity contribution < 1.29 is 32.7 Å². The van der Waals surface area contributed by atoms with Crippen LogP contribution in [-0.4, -0.2) is 19.9 Å². The second-order valence-electron chi connectivity index (χ2n) is 1.96. The fraction of sp³-hybridized carbons (Fsp3) is 0.625. The van der Waals surface area contributed by atoms with Crippen molar-refractivity contribution >= 4 is 5.84 Å². The van der Waals surface area contributed by atoms with Gasteiger partial charge in [0.1, 0.15) is 0 Å². The third kappa shape index (κ3) is 10.6. The number of amidine groups is 1. The smallest absolute Gasteiger partial charge is 0 e. The topological polar surface area (TPSA) is 26.5 Å². The van der Waals surface area contributed by atoms with Crippen LogP contribution in [0.25, 0.3) is 5.32 Å². The molecule has 0 atom stereocenters. The molecule has 0 saturated heterocycles. The van der Waals surface area contributed by atoms with Gasteiger partial charge in [0.05, 0.1) is 0 Å². The molecule has 0 spiro atoms. The van der Waals surface area contributed by atoms with Crippen LogP contribution in [0.2, 0.25) is 0 Å². The molecule has 0 heterocycles. The zero-order chi connectivity index (χ0) is 6.57. The number of nitrogens with zero attached hydrogens (tertiary/aromatic N) is 2. The van der Waals surface area contributed by atoms with E-state index in [2.05, 4.69) is 24.2 Å². The summed E-state index contributed by atoms with van der Waals surface area (Å²) in [7, 11) is 3.53. The van der Waals surface area contributed by atoms with Gasteiger partial charge in [-0.15, -0.1) is 0 Å². The van der Waals surface area contributed by atoms with Gasteiger partial charge in [0.15, 0.2) is 0 Å². The van der Waals surface area contributed by atoms with Crippen LogP contribution in [0.4, 0.5) is 0 Å². The first-order valence-electron chi connectivity index (χ1n) is 2.79. The standard InChI is InChI=1S/C6H13N2.2CH3.Y/c1-5(2)6(7-3)8-4;;;/h5H,1-4H3;2*1H3;/q3*-1;. The fourth-order valence-corrected chi connectivity index (χ4v) is 0.616. The van der Waals surface area contributed by atoms with E-state index in [1.165, 1.54) is 0 Å². The summed E-state index contributed by atoms with van der Waals surface area (Å²) in [4.78, 5) is 3.96. The Bertz CT molecular complexity index is 90.1. The average Bonchev–Trinajstić information content (AvgIpc) is 1.69. The second kappa shape index (κ2) is 13.2. The quantitative estimate of drug-likeness (QED) is 0.377. The molecule has 0 aliphatic rings. The molecule has 0 rings (SSSR count). The Labute approximate surface area is 97.1 Å². The van der Waals surface area contributed by atoms with Crippen molar-refractivity contribution in [3.63, 3.8) is 0 Å². The average molecular weight is 232 g/mol. The van der Waals surface area contributed by atoms with E-state index in [0.717, 1.165) is 5.84 Å². The van der Waals surface area contributed by atoms with Gasteiger partial charge in [0.2, 0.25) is 0 Å². The first kappa shape index (κ1) is 22.6. The fourth-order valence-electron chi connectivity index (χ4n) is 0.616. The van der Waals surface area contributed by atoms with Crippen LogP contribution in [0.15, 0.2) is 4.99 Å². The van der Waals surface area contributed by atoms with Crippen molar-refractivity contribution in [2.75, 3.05) is 14.1 Å². The normalized spacial score (nSPS) is 9.00. The van der Waals surface area contributed by atoms with E-state index in [9.17, 15) is 0 Å². The molecule has 3 heteroatoms. The maximum absolute atomic E-state index is 3.96. The van der Waals surface area contributed by atoms with Gasteiger partial charge in [-0.1, -0.05) is 33.8 Å². The van der Waals surface area contributed by atoms with Crippen LogP contribution in [-0.2, 0) is 32.7 Å². The van der Waals surface area contributed by atoms with Crippen LogP contribution in [0.1, 0.15) is 13.8 Å². The Morgan fingerprint density at radius 3 is 1.64 bits per heavy atom. The van der Waals surface area contributed by atoms with Crippen LogP contribution < -0.4 is 0 Å². The molecule has 0 saturated carbocycles. The first-order valence-corrected chi connectivity index (χ1v) is 2.79. The predicted molar refractivity (Wildman–Crippen MR) is 50.3 cm³/mol. The van der Waals surface area contributed by atoms with Crippen molar-refractivity contribution in [2.24, 2.45) is 10.9 Å². The summed E-state index contributed by atoms with van der Waals surface area (Å²) < 4.78 is 0. The second-order valence-corrected chi connectivity index (χ2v) is 1.96. The number of rotatable bonds is 1. The van der Waals surface area contributed by atoms with E-state index in [1.807, 2.05) is 0 Å². The van der Waals surface area contributed by atoms with Gasteiger partial charge in [-0.2, -0.15) is 0 Å². The van der Waals surface area contributed by atoms with Crippen molar-refractivity contribution in [1.29, 1.82) is 0 Å². The summed E-state index contributed by atoms with van der Waals surface area (Å²) in [6.07, 6.45) is 0. The van der Waals surface area contributed by atoms with Gasteiger partial charge in [-0.05, 0) is 5.92 Å². The molecule has 0 N–H and O–H groups in total. The molecule has 11 heavy (non-hydrogen) atoms. The molecule has 2 nitrogen and oxygen atoms in total. The zero-order valence-electron chi connectivity index (χ0n) is 8.55. The molecular weight excluding hydrogens is 213 g/mol. The molecule has 0 aromatic heterocycles. The maximum Gasteiger partial charge on any atom is 0 e. The maximum atomic E-state index is 3.96. The van der Waals surface area contributed by atoms with E-state index in [1.54, 1.807) is 14.1 Å². The number of aliphatic imine (C=N–C) groups is 1. The van der Waals surface area contributed by atoms with Gasteiger partial charge < -0.3 is 25.2 Å². The minimum absolute atomic E-state index is 0. The van der Waals surface area contributed by atoms with E-state index >= 15 is 0 Å². The van der Waals surface area contributed by atoms with Gasteiger partial charge >= 0.3 is 0 Å². The molecule has 0 aromatic rings. The van der Waals surface area contributed by atoms with Crippen molar-refractivity contribution in [2.45, 2.75) is 13.8 Å².